The van der Waals surface area contributed by atoms with Crippen LogP contribution in [-0.2, 0) is 0 Å². The molecule has 1 N–H and O–H groups in total. The number of aromatic nitrogens is 4. The smallest absolute Gasteiger partial charge is 0.276 e. The maximum absolute atomic E-state index is 13.0. The summed E-state index contributed by atoms with van der Waals surface area (Å²) in [5, 5.41) is 3.08. The van der Waals surface area contributed by atoms with E-state index in [4.69, 9.17) is 4.98 Å². The van der Waals surface area contributed by atoms with Gasteiger partial charge in [-0.1, -0.05) is 19.3 Å². The van der Waals surface area contributed by atoms with Gasteiger partial charge < -0.3 is 0 Å². The molecule has 3 aromatic heterocycles. The quantitative estimate of drug-likeness (QED) is 0.788. The van der Waals surface area contributed by atoms with Crippen LogP contribution in [0.4, 0.5) is 0 Å². The SMILES string of the molecule is Cc1nc2c(-c3ccncc3)c[nH]n2c(=O)c1C1CCCCC1. The van der Waals surface area contributed by atoms with Crippen molar-refractivity contribution >= 4 is 5.65 Å². The standard InChI is InChI=1S/C18H20N4O/c1-12-16(14-5-3-2-4-6-14)18(23)22-17(21-12)15(11-20-22)13-7-9-19-10-8-13/h7-11,14,20H,2-6H2,1H3. The molecule has 3 aromatic rings. The van der Waals surface area contributed by atoms with Crippen LogP contribution in [0.2, 0.25) is 0 Å². The van der Waals surface area contributed by atoms with Crippen LogP contribution in [0, 0.1) is 6.92 Å². The molecular formula is C18H20N4O. The first-order chi connectivity index (χ1) is 11.3. The summed E-state index contributed by atoms with van der Waals surface area (Å²) >= 11 is 0. The molecule has 5 nitrogen and oxygen atoms in total. The molecule has 3 heterocycles. The van der Waals surface area contributed by atoms with E-state index in [9.17, 15) is 4.79 Å². The molecular weight excluding hydrogens is 288 g/mol. The summed E-state index contributed by atoms with van der Waals surface area (Å²) in [6.45, 7) is 1.97. The molecule has 1 aliphatic rings. The van der Waals surface area contributed by atoms with Crippen molar-refractivity contribution in [3.05, 3.63) is 52.3 Å². The van der Waals surface area contributed by atoms with E-state index in [1.807, 2.05) is 25.3 Å². The predicted octanol–water partition coefficient (Wildman–Crippen LogP) is 3.44. The zero-order chi connectivity index (χ0) is 15.8. The van der Waals surface area contributed by atoms with Crippen molar-refractivity contribution in [2.75, 3.05) is 0 Å². The minimum Gasteiger partial charge on any atom is -0.296 e. The molecule has 0 aromatic carbocycles. The van der Waals surface area contributed by atoms with Crippen LogP contribution in [0.5, 0.6) is 0 Å². The van der Waals surface area contributed by atoms with E-state index < -0.39 is 0 Å². The molecule has 23 heavy (non-hydrogen) atoms. The van der Waals surface area contributed by atoms with E-state index in [1.54, 1.807) is 16.9 Å². The molecule has 1 saturated carbocycles. The van der Waals surface area contributed by atoms with Gasteiger partial charge in [0.1, 0.15) is 0 Å². The lowest BCUT2D eigenvalue weighted by atomic mass is 9.84. The van der Waals surface area contributed by atoms with Gasteiger partial charge in [0.25, 0.3) is 5.56 Å². The second kappa shape index (κ2) is 5.65. The number of hydrogen-bond acceptors (Lipinski definition) is 3. The number of fused-ring (bicyclic) bond motifs is 1. The van der Waals surface area contributed by atoms with E-state index >= 15 is 0 Å². The first-order valence-corrected chi connectivity index (χ1v) is 8.27. The van der Waals surface area contributed by atoms with E-state index in [0.717, 1.165) is 35.2 Å². The van der Waals surface area contributed by atoms with Crippen molar-refractivity contribution in [2.24, 2.45) is 0 Å². The molecule has 0 aliphatic heterocycles. The molecule has 0 saturated heterocycles. The van der Waals surface area contributed by atoms with Crippen LogP contribution in [0.3, 0.4) is 0 Å². The maximum Gasteiger partial charge on any atom is 0.276 e. The fourth-order valence-corrected chi connectivity index (χ4v) is 3.74. The number of aryl methyl sites for hydroxylation is 1. The lowest BCUT2D eigenvalue weighted by molar-refractivity contribution is 0.437. The highest BCUT2D eigenvalue weighted by molar-refractivity contribution is 5.76. The Morgan fingerprint density at radius 2 is 1.91 bits per heavy atom. The largest absolute Gasteiger partial charge is 0.296 e. The third kappa shape index (κ3) is 2.36. The number of aromatic amines is 1. The van der Waals surface area contributed by atoms with Crippen LogP contribution in [0.15, 0.2) is 35.5 Å². The Balaban J connectivity index is 1.89. The Hall–Kier alpha value is -2.43. The van der Waals surface area contributed by atoms with Crippen LogP contribution < -0.4 is 5.56 Å². The Kier molecular flexibility index (Phi) is 3.48. The van der Waals surface area contributed by atoms with Gasteiger partial charge in [-0.3, -0.25) is 14.9 Å². The predicted molar refractivity (Wildman–Crippen MR) is 89.6 cm³/mol. The summed E-state index contributed by atoms with van der Waals surface area (Å²) in [5.41, 5.74) is 4.46. The van der Waals surface area contributed by atoms with Crippen molar-refractivity contribution in [3.63, 3.8) is 0 Å². The number of nitrogens with zero attached hydrogens (tertiary/aromatic N) is 3. The average molecular weight is 308 g/mol. The highest BCUT2D eigenvalue weighted by Crippen LogP contribution is 2.32. The first kappa shape index (κ1) is 14.2. The Morgan fingerprint density at radius 3 is 2.65 bits per heavy atom. The minimum absolute atomic E-state index is 0.0553. The van der Waals surface area contributed by atoms with Crippen molar-refractivity contribution in [1.29, 1.82) is 0 Å². The number of nitrogens with one attached hydrogen (secondary N) is 1. The van der Waals surface area contributed by atoms with E-state index in [1.165, 1.54) is 19.3 Å². The summed E-state index contributed by atoms with van der Waals surface area (Å²) < 4.78 is 1.59. The summed E-state index contributed by atoms with van der Waals surface area (Å²) in [6.07, 6.45) is 11.2. The monoisotopic (exact) mass is 308 g/mol. The van der Waals surface area contributed by atoms with Gasteiger partial charge in [0.15, 0.2) is 5.65 Å². The highest BCUT2D eigenvalue weighted by Gasteiger charge is 2.23. The topological polar surface area (TPSA) is 63.1 Å². The molecule has 0 bridgehead atoms. The average Bonchev–Trinajstić information content (AvgIpc) is 3.00. The summed E-state index contributed by atoms with van der Waals surface area (Å²) in [5.74, 6) is 0.355. The van der Waals surface area contributed by atoms with Crippen molar-refractivity contribution in [1.82, 2.24) is 19.6 Å². The minimum atomic E-state index is 0.0553. The van der Waals surface area contributed by atoms with Gasteiger partial charge in [0.05, 0.1) is 0 Å². The Labute approximate surface area is 134 Å². The molecule has 0 spiro atoms. The molecule has 1 aliphatic carbocycles. The summed E-state index contributed by atoms with van der Waals surface area (Å²) in [7, 11) is 0. The van der Waals surface area contributed by atoms with Crippen molar-refractivity contribution < 1.29 is 0 Å². The first-order valence-electron chi connectivity index (χ1n) is 8.27. The molecule has 0 unspecified atom stereocenters. The maximum atomic E-state index is 13.0. The van der Waals surface area contributed by atoms with E-state index in [-0.39, 0.29) is 5.56 Å². The molecule has 0 amide bonds. The fraction of sp³-hybridized carbons (Fsp3) is 0.389. The van der Waals surface area contributed by atoms with Crippen LogP contribution in [0.1, 0.15) is 49.3 Å². The molecule has 1 fully saturated rings. The van der Waals surface area contributed by atoms with E-state index in [0.29, 0.717) is 11.6 Å². The third-order valence-electron chi connectivity index (χ3n) is 4.89. The second-order valence-corrected chi connectivity index (χ2v) is 6.33. The zero-order valence-corrected chi connectivity index (χ0v) is 13.2. The number of rotatable bonds is 2. The number of pyridine rings is 1. The number of H-pyrrole nitrogens is 1. The van der Waals surface area contributed by atoms with Gasteiger partial charge in [0.2, 0.25) is 0 Å². The van der Waals surface area contributed by atoms with Gasteiger partial charge in [-0.15, -0.1) is 0 Å². The van der Waals surface area contributed by atoms with Gasteiger partial charge in [0, 0.05) is 35.4 Å². The molecule has 5 heteroatoms. The van der Waals surface area contributed by atoms with Gasteiger partial charge >= 0.3 is 0 Å². The second-order valence-electron chi connectivity index (χ2n) is 6.33. The molecule has 4 rings (SSSR count). The van der Waals surface area contributed by atoms with Gasteiger partial charge in [-0.2, -0.15) is 0 Å². The zero-order valence-electron chi connectivity index (χ0n) is 13.2. The molecule has 118 valence electrons. The van der Waals surface area contributed by atoms with Crippen molar-refractivity contribution in [3.8, 4) is 11.1 Å². The third-order valence-corrected chi connectivity index (χ3v) is 4.89. The normalized spacial score (nSPS) is 16.0. The fourth-order valence-electron chi connectivity index (χ4n) is 3.74. The van der Waals surface area contributed by atoms with E-state index in [2.05, 4.69) is 10.1 Å². The Bertz CT molecular complexity index is 889. The lowest BCUT2D eigenvalue weighted by Crippen LogP contribution is -2.25. The van der Waals surface area contributed by atoms with Crippen LogP contribution in [0.25, 0.3) is 16.8 Å². The lowest BCUT2D eigenvalue weighted by Gasteiger charge is -2.22. The highest BCUT2D eigenvalue weighted by atomic mass is 16.1. The van der Waals surface area contributed by atoms with Gasteiger partial charge in [-0.25, -0.2) is 9.50 Å². The van der Waals surface area contributed by atoms with Crippen LogP contribution in [-0.4, -0.2) is 19.6 Å². The number of hydrogen-bond donors (Lipinski definition) is 1. The molecule has 0 radical (unpaired) electrons. The van der Waals surface area contributed by atoms with Crippen LogP contribution >= 0.6 is 0 Å². The summed E-state index contributed by atoms with van der Waals surface area (Å²) in [6, 6.07) is 3.86. The Morgan fingerprint density at radius 1 is 1.17 bits per heavy atom. The van der Waals surface area contributed by atoms with Gasteiger partial charge in [-0.05, 0) is 43.4 Å². The molecule has 0 atom stereocenters. The van der Waals surface area contributed by atoms with Crippen molar-refractivity contribution in [2.45, 2.75) is 44.9 Å². The summed E-state index contributed by atoms with van der Waals surface area (Å²) in [4.78, 5) is 21.8.